The van der Waals surface area contributed by atoms with Crippen LogP contribution in [0.3, 0.4) is 0 Å². The molecular weight excluding hydrogens is 240 g/mol. The number of nitrogens with one attached hydrogen (secondary N) is 1. The molecule has 1 fully saturated rings. The third kappa shape index (κ3) is 4.14. The van der Waals surface area contributed by atoms with Crippen LogP contribution in [0.4, 0.5) is 5.95 Å². The average molecular weight is 264 g/mol. The Labute approximate surface area is 115 Å². The lowest BCUT2D eigenvalue weighted by molar-refractivity contribution is 0.199. The van der Waals surface area contributed by atoms with Gasteiger partial charge >= 0.3 is 0 Å². The molecule has 1 aliphatic rings. The Bertz CT molecular complexity index is 391. The van der Waals surface area contributed by atoms with Crippen molar-refractivity contribution >= 4 is 5.95 Å². The van der Waals surface area contributed by atoms with Gasteiger partial charge in [-0.15, -0.1) is 0 Å². The van der Waals surface area contributed by atoms with Crippen molar-refractivity contribution in [3.8, 4) is 0 Å². The van der Waals surface area contributed by atoms with E-state index in [4.69, 9.17) is 4.74 Å². The molecule has 106 valence electrons. The molecule has 1 aliphatic heterocycles. The summed E-state index contributed by atoms with van der Waals surface area (Å²) < 4.78 is 4.99. The Morgan fingerprint density at radius 1 is 1.37 bits per heavy atom. The number of methoxy groups -OCH3 is 1. The van der Waals surface area contributed by atoms with E-state index in [1.54, 1.807) is 7.11 Å². The topological polar surface area (TPSA) is 50.3 Å². The van der Waals surface area contributed by atoms with Gasteiger partial charge in [-0.3, -0.25) is 0 Å². The molecule has 1 saturated heterocycles. The highest BCUT2D eigenvalue weighted by Gasteiger charge is 2.30. The third-order valence-electron chi connectivity index (χ3n) is 3.46. The summed E-state index contributed by atoms with van der Waals surface area (Å²) in [4.78, 5) is 11.2. The van der Waals surface area contributed by atoms with Crippen molar-refractivity contribution in [3.63, 3.8) is 0 Å². The zero-order valence-electron chi connectivity index (χ0n) is 12.1. The summed E-state index contributed by atoms with van der Waals surface area (Å²) in [6, 6.07) is 0. The summed E-state index contributed by atoms with van der Waals surface area (Å²) in [5.74, 6) is 0.853. The molecule has 1 aromatic heterocycles. The van der Waals surface area contributed by atoms with Gasteiger partial charge in [-0.05, 0) is 11.8 Å². The molecule has 0 amide bonds. The lowest BCUT2D eigenvalue weighted by Crippen LogP contribution is -2.25. The standard InChI is InChI=1S/C14H24N4O/c1-14(2)4-6-18(11-14)13-16-9-12(10-17-13)8-15-5-7-19-3/h9-10,15H,4-8,11H2,1-3H3. The minimum atomic E-state index is 0.379. The molecule has 19 heavy (non-hydrogen) atoms. The van der Waals surface area contributed by atoms with Crippen molar-refractivity contribution in [2.75, 3.05) is 38.3 Å². The van der Waals surface area contributed by atoms with E-state index < -0.39 is 0 Å². The number of ether oxygens (including phenoxy) is 1. The van der Waals surface area contributed by atoms with Crippen LogP contribution in [0, 0.1) is 5.41 Å². The lowest BCUT2D eigenvalue weighted by atomic mass is 9.93. The second-order valence-corrected chi connectivity index (χ2v) is 5.90. The molecule has 0 spiro atoms. The predicted octanol–water partition coefficient (Wildman–Crippen LogP) is 1.45. The lowest BCUT2D eigenvalue weighted by Gasteiger charge is -2.19. The van der Waals surface area contributed by atoms with Gasteiger partial charge in [0.25, 0.3) is 0 Å². The Hall–Kier alpha value is -1.20. The monoisotopic (exact) mass is 264 g/mol. The van der Waals surface area contributed by atoms with Gasteiger partial charge in [-0.1, -0.05) is 13.8 Å². The molecule has 0 unspecified atom stereocenters. The number of aromatic nitrogens is 2. The molecule has 1 N–H and O–H groups in total. The maximum absolute atomic E-state index is 4.99. The Balaban J connectivity index is 1.85. The molecule has 5 nitrogen and oxygen atoms in total. The number of hydrogen-bond donors (Lipinski definition) is 1. The fourth-order valence-corrected chi connectivity index (χ4v) is 2.29. The quantitative estimate of drug-likeness (QED) is 0.788. The summed E-state index contributed by atoms with van der Waals surface area (Å²) in [5.41, 5.74) is 1.49. The van der Waals surface area contributed by atoms with Crippen LogP contribution in [0.5, 0.6) is 0 Å². The van der Waals surface area contributed by atoms with Gasteiger partial charge in [0, 0.05) is 51.2 Å². The maximum Gasteiger partial charge on any atom is 0.225 e. The Morgan fingerprint density at radius 3 is 2.68 bits per heavy atom. The molecule has 0 bridgehead atoms. The molecular formula is C14H24N4O. The van der Waals surface area contributed by atoms with Gasteiger partial charge in [0.15, 0.2) is 0 Å². The van der Waals surface area contributed by atoms with E-state index in [1.807, 2.05) is 12.4 Å². The van der Waals surface area contributed by atoms with Crippen molar-refractivity contribution in [3.05, 3.63) is 18.0 Å². The summed E-state index contributed by atoms with van der Waals surface area (Å²) in [6.45, 7) is 9.04. The number of nitrogens with zero attached hydrogens (tertiary/aromatic N) is 3. The molecule has 1 aromatic rings. The second kappa shape index (κ2) is 6.30. The molecule has 2 rings (SSSR count). The second-order valence-electron chi connectivity index (χ2n) is 5.90. The Morgan fingerprint density at radius 2 is 2.11 bits per heavy atom. The van der Waals surface area contributed by atoms with Gasteiger partial charge < -0.3 is 15.0 Å². The van der Waals surface area contributed by atoms with Crippen LogP contribution in [-0.4, -0.2) is 43.3 Å². The van der Waals surface area contributed by atoms with Crippen LogP contribution >= 0.6 is 0 Å². The summed E-state index contributed by atoms with van der Waals surface area (Å²) >= 11 is 0. The first kappa shape index (κ1) is 14.2. The molecule has 0 atom stereocenters. The van der Waals surface area contributed by atoms with Crippen molar-refractivity contribution in [2.24, 2.45) is 5.41 Å². The van der Waals surface area contributed by atoms with E-state index in [0.29, 0.717) is 5.41 Å². The van der Waals surface area contributed by atoms with E-state index in [1.165, 1.54) is 6.42 Å². The van der Waals surface area contributed by atoms with E-state index in [2.05, 4.69) is 34.0 Å². The summed E-state index contributed by atoms with van der Waals surface area (Å²) in [5, 5.41) is 3.29. The molecule has 0 saturated carbocycles. The number of rotatable bonds is 6. The van der Waals surface area contributed by atoms with E-state index >= 15 is 0 Å². The normalized spacial score (nSPS) is 17.9. The van der Waals surface area contributed by atoms with Crippen LogP contribution in [0.15, 0.2) is 12.4 Å². The highest BCUT2D eigenvalue weighted by molar-refractivity contribution is 5.32. The van der Waals surface area contributed by atoms with Crippen LogP contribution < -0.4 is 10.2 Å². The van der Waals surface area contributed by atoms with Crippen LogP contribution in [0.1, 0.15) is 25.8 Å². The molecule has 2 heterocycles. The van der Waals surface area contributed by atoms with Gasteiger partial charge in [0.2, 0.25) is 5.95 Å². The molecule has 0 aromatic carbocycles. The predicted molar refractivity (Wildman–Crippen MR) is 76.2 cm³/mol. The van der Waals surface area contributed by atoms with Gasteiger partial charge in [0.1, 0.15) is 0 Å². The fourth-order valence-electron chi connectivity index (χ4n) is 2.29. The smallest absolute Gasteiger partial charge is 0.225 e. The van der Waals surface area contributed by atoms with E-state index in [-0.39, 0.29) is 0 Å². The molecule has 0 aliphatic carbocycles. The first-order valence-electron chi connectivity index (χ1n) is 6.86. The minimum absolute atomic E-state index is 0.379. The largest absolute Gasteiger partial charge is 0.383 e. The van der Waals surface area contributed by atoms with Gasteiger partial charge in [-0.2, -0.15) is 0 Å². The van der Waals surface area contributed by atoms with Crippen LogP contribution in [0.25, 0.3) is 0 Å². The van der Waals surface area contributed by atoms with Crippen molar-refractivity contribution in [1.29, 1.82) is 0 Å². The average Bonchev–Trinajstić information content (AvgIpc) is 2.76. The highest BCUT2D eigenvalue weighted by Crippen LogP contribution is 2.30. The zero-order chi connectivity index (χ0) is 13.7. The van der Waals surface area contributed by atoms with Crippen molar-refractivity contribution in [1.82, 2.24) is 15.3 Å². The zero-order valence-corrected chi connectivity index (χ0v) is 12.1. The van der Waals surface area contributed by atoms with Crippen molar-refractivity contribution < 1.29 is 4.74 Å². The number of hydrogen-bond acceptors (Lipinski definition) is 5. The van der Waals surface area contributed by atoms with Crippen LogP contribution in [-0.2, 0) is 11.3 Å². The first-order chi connectivity index (χ1) is 9.11. The van der Waals surface area contributed by atoms with E-state index in [9.17, 15) is 0 Å². The Kier molecular flexibility index (Phi) is 4.71. The van der Waals surface area contributed by atoms with Gasteiger partial charge in [-0.25, -0.2) is 9.97 Å². The first-order valence-corrected chi connectivity index (χ1v) is 6.86. The molecule has 5 heteroatoms. The van der Waals surface area contributed by atoms with E-state index in [0.717, 1.165) is 44.3 Å². The number of anilines is 1. The summed E-state index contributed by atoms with van der Waals surface area (Å²) in [7, 11) is 1.71. The SMILES string of the molecule is COCCNCc1cnc(N2CCC(C)(C)C2)nc1. The van der Waals surface area contributed by atoms with Crippen LogP contribution in [0.2, 0.25) is 0 Å². The van der Waals surface area contributed by atoms with Gasteiger partial charge in [0.05, 0.1) is 6.61 Å². The maximum atomic E-state index is 4.99. The summed E-state index contributed by atoms with van der Waals surface area (Å²) in [6.07, 6.45) is 5.03. The highest BCUT2D eigenvalue weighted by atomic mass is 16.5. The fraction of sp³-hybridized carbons (Fsp3) is 0.714. The molecule has 0 radical (unpaired) electrons. The third-order valence-corrected chi connectivity index (χ3v) is 3.46. The minimum Gasteiger partial charge on any atom is -0.383 e. The van der Waals surface area contributed by atoms with Crippen molar-refractivity contribution in [2.45, 2.75) is 26.8 Å².